The Labute approximate surface area is 151 Å². The van der Waals surface area contributed by atoms with Crippen molar-refractivity contribution < 1.29 is 19.4 Å². The van der Waals surface area contributed by atoms with Crippen molar-refractivity contribution in [1.82, 2.24) is 4.90 Å². The van der Waals surface area contributed by atoms with E-state index in [2.05, 4.69) is 6.07 Å². The molecule has 1 N–H and O–H groups in total. The van der Waals surface area contributed by atoms with E-state index in [1.807, 2.05) is 0 Å². The fourth-order valence-electron chi connectivity index (χ4n) is 3.09. The van der Waals surface area contributed by atoms with Crippen molar-refractivity contribution in [1.29, 1.82) is 5.26 Å². The van der Waals surface area contributed by atoms with Crippen LogP contribution in [0, 0.1) is 11.3 Å². The summed E-state index contributed by atoms with van der Waals surface area (Å²) >= 11 is 5.73. The molecule has 1 aliphatic carbocycles. The number of carbonyl (C=O) groups is 2. The van der Waals surface area contributed by atoms with Gasteiger partial charge in [-0.05, 0) is 38.0 Å². The highest BCUT2D eigenvalue weighted by Crippen LogP contribution is 2.33. The predicted octanol–water partition coefficient (Wildman–Crippen LogP) is 3.28. The summed E-state index contributed by atoms with van der Waals surface area (Å²) in [5.41, 5.74) is -0.919. The molecule has 25 heavy (non-hydrogen) atoms. The zero-order valence-electron chi connectivity index (χ0n) is 14.3. The summed E-state index contributed by atoms with van der Waals surface area (Å²) < 4.78 is 5.18. The Morgan fingerprint density at radius 3 is 2.56 bits per heavy atom. The highest BCUT2D eigenvalue weighted by Gasteiger charge is 2.40. The fourth-order valence-corrected chi connectivity index (χ4v) is 3.26. The lowest BCUT2D eigenvalue weighted by molar-refractivity contribution is -0.143. The average Bonchev–Trinajstić information content (AvgIpc) is 2.60. The maximum atomic E-state index is 12.6. The molecule has 1 aliphatic rings. The number of esters is 1. The Bertz CT molecular complexity index is 708. The first-order valence-electron chi connectivity index (χ1n) is 8.19. The first kappa shape index (κ1) is 19.1. The van der Waals surface area contributed by atoms with Gasteiger partial charge in [0.05, 0.1) is 6.07 Å². The van der Waals surface area contributed by atoms with Gasteiger partial charge in [0.25, 0.3) is 5.91 Å². The summed E-state index contributed by atoms with van der Waals surface area (Å²) in [6.07, 6.45) is 2.98. The number of phenols is 1. The van der Waals surface area contributed by atoms with E-state index in [-0.39, 0.29) is 16.3 Å². The third-order valence-corrected chi connectivity index (χ3v) is 4.91. The Hall–Kier alpha value is -2.26. The molecule has 6 nitrogen and oxygen atoms in total. The van der Waals surface area contributed by atoms with Crippen LogP contribution in [-0.2, 0) is 9.53 Å². The van der Waals surface area contributed by atoms with Gasteiger partial charge in [0.2, 0.25) is 0 Å². The second-order valence-corrected chi connectivity index (χ2v) is 6.75. The minimum absolute atomic E-state index is 0.0700. The van der Waals surface area contributed by atoms with Crippen LogP contribution in [0.5, 0.6) is 5.75 Å². The minimum atomic E-state index is -1.07. The molecule has 1 aromatic rings. The van der Waals surface area contributed by atoms with Gasteiger partial charge in [-0.15, -0.1) is 0 Å². The molecule has 1 amide bonds. The van der Waals surface area contributed by atoms with Gasteiger partial charge in [-0.2, -0.15) is 5.26 Å². The molecule has 134 valence electrons. The van der Waals surface area contributed by atoms with Crippen molar-refractivity contribution in [2.24, 2.45) is 0 Å². The van der Waals surface area contributed by atoms with E-state index in [0.717, 1.165) is 19.3 Å². The van der Waals surface area contributed by atoms with Crippen LogP contribution in [-0.4, -0.2) is 40.6 Å². The molecule has 2 rings (SSSR count). The summed E-state index contributed by atoms with van der Waals surface area (Å²) in [5, 5.41) is 19.6. The topological polar surface area (TPSA) is 90.6 Å². The molecule has 1 atom stereocenters. The third-order valence-electron chi connectivity index (χ3n) is 4.67. The number of hydrogen-bond acceptors (Lipinski definition) is 5. The van der Waals surface area contributed by atoms with Gasteiger partial charge in [-0.1, -0.05) is 30.9 Å². The van der Waals surface area contributed by atoms with E-state index in [1.165, 1.54) is 30.0 Å². The van der Waals surface area contributed by atoms with Crippen LogP contribution in [0.25, 0.3) is 0 Å². The van der Waals surface area contributed by atoms with Crippen molar-refractivity contribution in [3.05, 3.63) is 28.8 Å². The first-order chi connectivity index (χ1) is 11.8. The summed E-state index contributed by atoms with van der Waals surface area (Å²) in [6, 6.07) is 6.27. The maximum absolute atomic E-state index is 12.6. The molecule has 0 spiro atoms. The highest BCUT2D eigenvalue weighted by atomic mass is 35.5. The zero-order chi connectivity index (χ0) is 18.6. The van der Waals surface area contributed by atoms with Gasteiger partial charge in [0.1, 0.15) is 16.9 Å². The summed E-state index contributed by atoms with van der Waals surface area (Å²) in [5.74, 6) is -1.57. The monoisotopic (exact) mass is 364 g/mol. The summed E-state index contributed by atoms with van der Waals surface area (Å²) in [7, 11) is 1.57. The molecule has 7 heteroatoms. The van der Waals surface area contributed by atoms with E-state index in [4.69, 9.17) is 16.3 Å². The molecule has 0 bridgehead atoms. The van der Waals surface area contributed by atoms with E-state index < -0.39 is 23.5 Å². The molecule has 0 unspecified atom stereocenters. The number of benzene rings is 1. The SMILES string of the molecule is C[C@@H](OC(=O)c1ccc(Cl)cc1O)C(=O)N(C)C1(C#N)CCCCC1. The van der Waals surface area contributed by atoms with Crippen molar-refractivity contribution >= 4 is 23.5 Å². The van der Waals surface area contributed by atoms with Crippen molar-refractivity contribution in [2.45, 2.75) is 50.7 Å². The van der Waals surface area contributed by atoms with Gasteiger partial charge >= 0.3 is 5.97 Å². The number of hydrogen-bond donors (Lipinski definition) is 1. The van der Waals surface area contributed by atoms with Crippen LogP contribution in [0.3, 0.4) is 0 Å². The van der Waals surface area contributed by atoms with Gasteiger partial charge < -0.3 is 14.7 Å². The average molecular weight is 365 g/mol. The lowest BCUT2D eigenvalue weighted by Gasteiger charge is -2.39. The Balaban J connectivity index is 2.09. The summed E-state index contributed by atoms with van der Waals surface area (Å²) in [4.78, 5) is 26.2. The van der Waals surface area contributed by atoms with Crippen molar-refractivity contribution in [3.8, 4) is 11.8 Å². The third kappa shape index (κ3) is 4.05. The predicted molar refractivity (Wildman–Crippen MR) is 92.2 cm³/mol. The largest absolute Gasteiger partial charge is 0.507 e. The van der Waals surface area contributed by atoms with Gasteiger partial charge in [0.15, 0.2) is 6.10 Å². The number of carbonyl (C=O) groups excluding carboxylic acids is 2. The standard InChI is InChI=1S/C18H21ClN2O4/c1-12(25-17(24)14-7-6-13(19)10-15(14)22)16(23)21(2)18(11-20)8-4-3-5-9-18/h6-7,10,12,22H,3-5,8-9H2,1-2H3/t12-/m1/s1. The van der Waals surface area contributed by atoms with Crippen LogP contribution in [0.4, 0.5) is 0 Å². The fraction of sp³-hybridized carbons (Fsp3) is 0.500. The molecular formula is C18H21ClN2O4. The summed E-state index contributed by atoms with van der Waals surface area (Å²) in [6.45, 7) is 1.46. The van der Waals surface area contributed by atoms with Crippen LogP contribution in [0.2, 0.25) is 5.02 Å². The Morgan fingerprint density at radius 1 is 1.36 bits per heavy atom. The molecular weight excluding hydrogens is 344 g/mol. The smallest absolute Gasteiger partial charge is 0.342 e. The molecule has 0 aliphatic heterocycles. The Morgan fingerprint density at radius 2 is 2.00 bits per heavy atom. The van der Waals surface area contributed by atoms with Gasteiger partial charge in [0, 0.05) is 12.1 Å². The van der Waals surface area contributed by atoms with Gasteiger partial charge in [-0.25, -0.2) is 4.79 Å². The molecule has 0 radical (unpaired) electrons. The number of halogens is 1. The van der Waals surface area contributed by atoms with Gasteiger partial charge in [-0.3, -0.25) is 4.79 Å². The molecule has 1 fully saturated rings. The number of rotatable bonds is 4. The van der Waals surface area contributed by atoms with E-state index in [1.54, 1.807) is 7.05 Å². The van der Waals surface area contributed by atoms with E-state index >= 15 is 0 Å². The van der Waals surface area contributed by atoms with Crippen molar-refractivity contribution in [2.75, 3.05) is 7.05 Å². The Kier molecular flexibility index (Phi) is 5.91. The second kappa shape index (κ2) is 7.75. The quantitative estimate of drug-likeness (QED) is 0.828. The van der Waals surface area contributed by atoms with Crippen LogP contribution >= 0.6 is 11.6 Å². The van der Waals surface area contributed by atoms with E-state index in [0.29, 0.717) is 12.8 Å². The highest BCUT2D eigenvalue weighted by molar-refractivity contribution is 6.30. The zero-order valence-corrected chi connectivity index (χ0v) is 15.0. The van der Waals surface area contributed by atoms with Crippen LogP contribution in [0.15, 0.2) is 18.2 Å². The van der Waals surface area contributed by atoms with Crippen LogP contribution in [0.1, 0.15) is 49.4 Å². The van der Waals surface area contributed by atoms with Crippen molar-refractivity contribution in [3.63, 3.8) is 0 Å². The second-order valence-electron chi connectivity index (χ2n) is 6.31. The number of phenolic OH excluding ortho intramolecular Hbond substituents is 1. The van der Waals surface area contributed by atoms with Crippen LogP contribution < -0.4 is 0 Å². The number of amides is 1. The molecule has 0 saturated heterocycles. The van der Waals surface area contributed by atoms with E-state index in [9.17, 15) is 20.0 Å². The lowest BCUT2D eigenvalue weighted by Crippen LogP contribution is -2.53. The number of aromatic hydroxyl groups is 1. The molecule has 0 aromatic heterocycles. The normalized spacial score (nSPS) is 17.2. The number of nitrogens with zero attached hydrogens (tertiary/aromatic N) is 2. The first-order valence-corrected chi connectivity index (χ1v) is 8.57. The molecule has 1 saturated carbocycles. The number of likely N-dealkylation sites (N-methyl/N-ethyl adjacent to an activating group) is 1. The number of nitriles is 1. The molecule has 0 heterocycles. The lowest BCUT2D eigenvalue weighted by atomic mass is 9.81. The maximum Gasteiger partial charge on any atom is 0.342 e. The number of ether oxygens (including phenoxy) is 1. The molecule has 1 aromatic carbocycles. The minimum Gasteiger partial charge on any atom is -0.507 e.